The summed E-state index contributed by atoms with van der Waals surface area (Å²) in [5.74, 6) is -0.662. The van der Waals surface area contributed by atoms with Crippen LogP contribution in [0.15, 0.2) is 23.1 Å². The number of sulfonamides is 1. The van der Waals surface area contributed by atoms with E-state index < -0.39 is 22.0 Å². The monoisotopic (exact) mass is 354 g/mol. The molecular formula is C12H16Cl2N2O4S. The zero-order chi connectivity index (χ0) is 16.0. The standard InChI is InChI=1S/C12H16Cl2N2O4S/c1-2-3-8(6-12(17)15-18)16-21(19,20)9-4-5-10(13)11(14)7-9/h4-5,7-8,16,18H,2-3,6H2,1H3,(H,15,17). The van der Waals surface area contributed by atoms with Gasteiger partial charge in [0.25, 0.3) is 0 Å². The number of amides is 1. The highest BCUT2D eigenvalue weighted by Gasteiger charge is 2.22. The summed E-state index contributed by atoms with van der Waals surface area (Å²) >= 11 is 11.5. The molecule has 3 N–H and O–H groups in total. The zero-order valence-electron chi connectivity index (χ0n) is 11.3. The second-order valence-corrected chi connectivity index (χ2v) is 6.95. The third-order valence-electron chi connectivity index (χ3n) is 2.72. The molecule has 1 amide bonds. The van der Waals surface area contributed by atoms with Gasteiger partial charge in [0.1, 0.15) is 0 Å². The van der Waals surface area contributed by atoms with Crippen molar-refractivity contribution in [3.05, 3.63) is 28.2 Å². The van der Waals surface area contributed by atoms with Crippen LogP contribution in [0.4, 0.5) is 0 Å². The summed E-state index contributed by atoms with van der Waals surface area (Å²) in [6.45, 7) is 1.86. The van der Waals surface area contributed by atoms with Crippen LogP contribution in [0.25, 0.3) is 0 Å². The van der Waals surface area contributed by atoms with Gasteiger partial charge in [0.2, 0.25) is 15.9 Å². The fraction of sp³-hybridized carbons (Fsp3) is 0.417. The summed E-state index contributed by atoms with van der Waals surface area (Å²) in [5, 5.41) is 8.90. The molecule has 1 aromatic carbocycles. The molecule has 0 heterocycles. The largest absolute Gasteiger partial charge is 0.289 e. The zero-order valence-corrected chi connectivity index (χ0v) is 13.6. The molecule has 0 aliphatic carbocycles. The third kappa shape index (κ3) is 5.44. The Bertz CT molecular complexity index is 607. The van der Waals surface area contributed by atoms with Crippen LogP contribution in [0.3, 0.4) is 0 Å². The van der Waals surface area contributed by atoms with Crippen molar-refractivity contribution in [2.24, 2.45) is 0 Å². The summed E-state index contributed by atoms with van der Waals surface area (Å²) in [7, 11) is -3.83. The molecule has 0 aliphatic heterocycles. The smallest absolute Gasteiger partial charge is 0.244 e. The van der Waals surface area contributed by atoms with E-state index in [1.807, 2.05) is 6.92 Å². The first-order valence-corrected chi connectivity index (χ1v) is 8.44. The van der Waals surface area contributed by atoms with Crippen molar-refractivity contribution in [2.45, 2.75) is 37.1 Å². The van der Waals surface area contributed by atoms with Gasteiger partial charge in [0.15, 0.2) is 0 Å². The third-order valence-corrected chi connectivity index (χ3v) is 4.97. The molecule has 21 heavy (non-hydrogen) atoms. The second kappa shape index (κ2) is 7.95. The van der Waals surface area contributed by atoms with Crippen molar-refractivity contribution in [2.75, 3.05) is 0 Å². The molecule has 1 atom stereocenters. The number of hydrogen-bond donors (Lipinski definition) is 3. The van der Waals surface area contributed by atoms with E-state index in [0.29, 0.717) is 12.8 Å². The van der Waals surface area contributed by atoms with Crippen LogP contribution in [-0.2, 0) is 14.8 Å². The van der Waals surface area contributed by atoms with Gasteiger partial charge >= 0.3 is 0 Å². The van der Waals surface area contributed by atoms with Crippen LogP contribution in [0.2, 0.25) is 10.0 Å². The van der Waals surface area contributed by atoms with Gasteiger partial charge in [-0.25, -0.2) is 18.6 Å². The molecule has 0 saturated heterocycles. The Morgan fingerprint density at radius 1 is 1.33 bits per heavy atom. The molecule has 1 aromatic rings. The Balaban J connectivity index is 2.94. The Kier molecular flexibility index (Phi) is 6.89. The van der Waals surface area contributed by atoms with E-state index >= 15 is 0 Å². The molecule has 0 aromatic heterocycles. The maximum Gasteiger partial charge on any atom is 0.244 e. The highest BCUT2D eigenvalue weighted by molar-refractivity contribution is 7.89. The lowest BCUT2D eigenvalue weighted by Crippen LogP contribution is -2.38. The lowest BCUT2D eigenvalue weighted by Gasteiger charge is -2.17. The van der Waals surface area contributed by atoms with Crippen LogP contribution < -0.4 is 10.2 Å². The Morgan fingerprint density at radius 2 is 2.00 bits per heavy atom. The maximum absolute atomic E-state index is 12.2. The summed E-state index contributed by atoms with van der Waals surface area (Å²) in [6, 6.07) is 3.32. The summed E-state index contributed by atoms with van der Waals surface area (Å²) in [5.41, 5.74) is 1.48. The lowest BCUT2D eigenvalue weighted by atomic mass is 10.1. The predicted octanol–water partition coefficient (Wildman–Crippen LogP) is 2.34. The summed E-state index contributed by atoms with van der Waals surface area (Å²) < 4.78 is 26.9. The van der Waals surface area contributed by atoms with Crippen molar-refractivity contribution in [3.8, 4) is 0 Å². The molecular weight excluding hydrogens is 339 g/mol. The highest BCUT2D eigenvalue weighted by Crippen LogP contribution is 2.25. The predicted molar refractivity (Wildman–Crippen MR) is 80.0 cm³/mol. The summed E-state index contributed by atoms with van der Waals surface area (Å²) in [4.78, 5) is 11.1. The number of carbonyl (C=O) groups is 1. The van der Waals surface area contributed by atoms with Crippen LogP contribution in [-0.4, -0.2) is 25.6 Å². The van der Waals surface area contributed by atoms with Crippen LogP contribution in [0, 0.1) is 0 Å². The minimum Gasteiger partial charge on any atom is -0.289 e. The van der Waals surface area contributed by atoms with E-state index in [1.54, 1.807) is 0 Å². The molecule has 6 nitrogen and oxygen atoms in total. The average molecular weight is 355 g/mol. The van der Waals surface area contributed by atoms with Crippen molar-refractivity contribution < 1.29 is 18.4 Å². The quantitative estimate of drug-likeness (QED) is 0.517. The molecule has 1 rings (SSSR count). The van der Waals surface area contributed by atoms with E-state index in [0.717, 1.165) is 0 Å². The Morgan fingerprint density at radius 3 is 2.52 bits per heavy atom. The first-order chi connectivity index (χ1) is 9.80. The number of hydroxylamine groups is 1. The van der Waals surface area contributed by atoms with Crippen LogP contribution in [0.1, 0.15) is 26.2 Å². The normalized spacial score (nSPS) is 13.0. The van der Waals surface area contributed by atoms with Gasteiger partial charge in [-0.15, -0.1) is 0 Å². The highest BCUT2D eigenvalue weighted by atomic mass is 35.5. The van der Waals surface area contributed by atoms with Gasteiger partial charge < -0.3 is 0 Å². The van der Waals surface area contributed by atoms with Gasteiger partial charge in [0.05, 0.1) is 14.9 Å². The number of carbonyl (C=O) groups excluding carboxylic acids is 1. The van der Waals surface area contributed by atoms with E-state index in [1.165, 1.54) is 23.7 Å². The Hall–Kier alpha value is -0.860. The molecule has 0 bridgehead atoms. The van der Waals surface area contributed by atoms with E-state index in [2.05, 4.69) is 4.72 Å². The number of benzene rings is 1. The fourth-order valence-electron chi connectivity index (χ4n) is 1.75. The first kappa shape index (κ1) is 18.2. The molecule has 118 valence electrons. The van der Waals surface area contributed by atoms with Crippen molar-refractivity contribution >= 4 is 39.1 Å². The van der Waals surface area contributed by atoms with Crippen molar-refractivity contribution in [1.82, 2.24) is 10.2 Å². The minimum absolute atomic E-state index is 0.0394. The number of halogens is 2. The van der Waals surface area contributed by atoms with Gasteiger partial charge in [-0.05, 0) is 24.6 Å². The molecule has 0 fully saturated rings. The molecule has 0 aliphatic rings. The van der Waals surface area contributed by atoms with E-state index in [-0.39, 0.29) is 21.4 Å². The second-order valence-electron chi connectivity index (χ2n) is 4.42. The van der Waals surface area contributed by atoms with Gasteiger partial charge in [-0.3, -0.25) is 10.0 Å². The molecule has 9 heteroatoms. The average Bonchev–Trinajstić information content (AvgIpc) is 2.41. The minimum atomic E-state index is -3.83. The molecule has 0 radical (unpaired) electrons. The van der Waals surface area contributed by atoms with Gasteiger partial charge in [0, 0.05) is 12.5 Å². The van der Waals surface area contributed by atoms with Gasteiger partial charge in [-0.1, -0.05) is 36.5 Å². The van der Waals surface area contributed by atoms with Crippen molar-refractivity contribution in [1.29, 1.82) is 0 Å². The maximum atomic E-state index is 12.2. The fourth-order valence-corrected chi connectivity index (χ4v) is 3.41. The SMILES string of the molecule is CCCC(CC(=O)NO)NS(=O)(=O)c1ccc(Cl)c(Cl)c1. The number of rotatable bonds is 7. The first-order valence-electron chi connectivity index (χ1n) is 6.20. The molecule has 0 spiro atoms. The topological polar surface area (TPSA) is 95.5 Å². The van der Waals surface area contributed by atoms with Crippen LogP contribution in [0.5, 0.6) is 0 Å². The Labute approximate surface area is 133 Å². The van der Waals surface area contributed by atoms with Gasteiger partial charge in [-0.2, -0.15) is 0 Å². The van der Waals surface area contributed by atoms with Crippen molar-refractivity contribution in [3.63, 3.8) is 0 Å². The van der Waals surface area contributed by atoms with Crippen LogP contribution >= 0.6 is 23.2 Å². The number of nitrogens with one attached hydrogen (secondary N) is 2. The lowest BCUT2D eigenvalue weighted by molar-refractivity contribution is -0.129. The molecule has 0 saturated carbocycles. The number of hydrogen-bond acceptors (Lipinski definition) is 4. The van der Waals surface area contributed by atoms with E-state index in [9.17, 15) is 13.2 Å². The van der Waals surface area contributed by atoms with E-state index in [4.69, 9.17) is 28.4 Å². The summed E-state index contributed by atoms with van der Waals surface area (Å²) in [6.07, 6.45) is 0.964. The molecule has 1 unspecified atom stereocenters.